The van der Waals surface area contributed by atoms with Crippen molar-refractivity contribution in [3.63, 3.8) is 0 Å². The number of hydrogen-bond donors (Lipinski definition) is 13. The number of hydrogen-bond acceptors (Lipinski definition) is 20. The number of nitrogens with zero attached hydrogens (tertiary/aromatic N) is 6. The van der Waals surface area contributed by atoms with E-state index < -0.39 is 66.5 Å². The van der Waals surface area contributed by atoms with Crippen molar-refractivity contribution in [2.75, 3.05) is 106 Å². The minimum absolute atomic E-state index is 0.133. The van der Waals surface area contributed by atoms with Crippen LogP contribution in [0.25, 0.3) is 0 Å². The molecule has 0 aliphatic heterocycles. The molecule has 3 amide bonds. The van der Waals surface area contributed by atoms with E-state index in [-0.39, 0.29) is 30.8 Å². The first kappa shape index (κ1) is 100. The molecule has 0 aliphatic carbocycles. The lowest BCUT2D eigenvalue weighted by Gasteiger charge is -2.33. The molecular formula is C73H157B6N9O14. The van der Waals surface area contributed by atoms with Gasteiger partial charge in [-0.3, -0.25) is 19.6 Å². The molecule has 3 atom stereocenters. The van der Waals surface area contributed by atoms with Gasteiger partial charge in [-0.05, 0) is 210 Å². The minimum atomic E-state index is -1.73. The molecule has 29 heteroatoms. The molecule has 0 fully saturated rings. The summed E-state index contributed by atoms with van der Waals surface area (Å²) >= 11 is 0. The zero-order valence-electron chi connectivity index (χ0n) is 66.6. The molecule has 102 heavy (non-hydrogen) atoms. The molecule has 0 aliphatic rings. The molecule has 0 bridgehead atoms. The van der Waals surface area contributed by atoms with Crippen LogP contribution >= 0.6 is 0 Å². The van der Waals surface area contributed by atoms with Gasteiger partial charge in [0.05, 0.1) is 6.10 Å². The van der Waals surface area contributed by atoms with Crippen molar-refractivity contribution in [3.05, 3.63) is 0 Å². The summed E-state index contributed by atoms with van der Waals surface area (Å²) in [7, 11) is 0.390. The van der Waals surface area contributed by atoms with Crippen LogP contribution in [0.15, 0.2) is 0 Å². The summed E-state index contributed by atoms with van der Waals surface area (Å²) in [5.74, 6) is -0.176. The Balaban J connectivity index is 4.21. The van der Waals surface area contributed by atoms with Crippen molar-refractivity contribution < 1.29 is 70.0 Å². The second-order valence-corrected chi connectivity index (χ2v) is 30.2. The van der Waals surface area contributed by atoms with E-state index in [2.05, 4.69) is 40.1 Å². The van der Waals surface area contributed by atoms with Gasteiger partial charge in [-0.15, -0.1) is 0 Å². The molecule has 0 spiro atoms. The van der Waals surface area contributed by atoms with Gasteiger partial charge in [0.25, 0.3) is 5.91 Å². The topological polar surface area (TPSA) is 318 Å². The fourth-order valence-electron chi connectivity index (χ4n) is 13.5. The molecule has 596 valence electrons. The van der Waals surface area contributed by atoms with Crippen molar-refractivity contribution >= 4 is 60.0 Å². The molecule has 23 nitrogen and oxygen atoms in total. The fraction of sp³-hybridized carbons (Fsp3) is 0.959. The highest BCUT2D eigenvalue weighted by molar-refractivity contribution is 6.46. The lowest BCUT2D eigenvalue weighted by molar-refractivity contribution is -0.312. The van der Waals surface area contributed by atoms with Crippen LogP contribution in [0, 0.1) is 5.92 Å². The van der Waals surface area contributed by atoms with E-state index in [1.54, 1.807) is 27.3 Å². The Morgan fingerprint density at radius 1 is 0.343 bits per heavy atom. The summed E-state index contributed by atoms with van der Waals surface area (Å²) in [6.07, 6.45) is 42.7. The highest BCUT2D eigenvalue weighted by Crippen LogP contribution is 2.20. The van der Waals surface area contributed by atoms with Gasteiger partial charge in [-0.1, -0.05) is 186 Å². The molecule has 0 unspecified atom stereocenters. The summed E-state index contributed by atoms with van der Waals surface area (Å²) in [5.41, 5.74) is 0. The van der Waals surface area contributed by atoms with Crippen molar-refractivity contribution in [2.45, 2.75) is 342 Å². The van der Waals surface area contributed by atoms with Gasteiger partial charge in [0, 0.05) is 39.1 Å². The summed E-state index contributed by atoms with van der Waals surface area (Å²) in [6, 6.07) is 0. The number of carbonyl (C=O) groups excluding carboxylic acids is 3. The Kier molecular flexibility index (Phi) is 68.3. The predicted octanol–water partition coefficient (Wildman–Crippen LogP) is 9.42. The Labute approximate surface area is 625 Å². The Hall–Kier alpha value is -1.88. The number of rotatable bonds is 77. The van der Waals surface area contributed by atoms with Crippen LogP contribution in [0.5, 0.6) is 0 Å². The second kappa shape index (κ2) is 69.6. The average Bonchev–Trinajstić information content (AvgIpc) is 0.897. The SMILES string of the molecule is CB(O)N(C)CCCN(CCCCN(CC(CCCCCCNC(=O)CCCCCCCCCCCCCCCCCCCCCCCNC(=O)CCCCCCCCCCCNC(=O)[C@H](O)[C@@H](OO)[C@H](O)CCO)CN(CCCCN(CCCN(C)B(C)O)B(C)O)B(C)O)B(C)O)B(C)O. The maximum atomic E-state index is 12.7. The van der Waals surface area contributed by atoms with Gasteiger partial charge < -0.3 is 90.3 Å². The fourth-order valence-corrected chi connectivity index (χ4v) is 13.5. The van der Waals surface area contributed by atoms with Crippen LogP contribution in [0.1, 0.15) is 283 Å². The van der Waals surface area contributed by atoms with Crippen LogP contribution in [0.4, 0.5) is 0 Å². The maximum absolute atomic E-state index is 12.7. The van der Waals surface area contributed by atoms with E-state index in [1.165, 1.54) is 116 Å². The van der Waals surface area contributed by atoms with Crippen LogP contribution in [0.3, 0.4) is 0 Å². The van der Waals surface area contributed by atoms with Gasteiger partial charge in [-0.25, -0.2) is 4.89 Å². The van der Waals surface area contributed by atoms with Gasteiger partial charge in [0.15, 0.2) is 12.2 Å². The van der Waals surface area contributed by atoms with E-state index in [9.17, 15) is 54.7 Å². The number of aliphatic hydroxyl groups excluding tert-OH is 3. The van der Waals surface area contributed by atoms with E-state index >= 15 is 0 Å². The third-order valence-electron chi connectivity index (χ3n) is 20.7. The number of unbranched alkanes of at least 4 members (excludes halogenated alkanes) is 33. The van der Waals surface area contributed by atoms with E-state index in [4.69, 9.17) is 10.4 Å². The quantitative estimate of drug-likeness (QED) is 0.0117. The molecule has 13 N–H and O–H groups in total. The maximum Gasteiger partial charge on any atom is 0.376 e. The molecule has 0 aromatic rings. The summed E-state index contributed by atoms with van der Waals surface area (Å²) < 4.78 is 0. The van der Waals surface area contributed by atoms with Crippen LogP contribution in [-0.2, 0) is 19.3 Å². The normalized spacial score (nSPS) is 12.8. The molecule has 0 heterocycles. The number of aliphatic hydroxyl groups is 3. The van der Waals surface area contributed by atoms with Gasteiger partial charge in [0.1, 0.15) is 0 Å². The average molecular weight is 1450 g/mol. The van der Waals surface area contributed by atoms with Crippen LogP contribution < -0.4 is 16.0 Å². The minimum Gasteiger partial charge on any atom is -0.437 e. The van der Waals surface area contributed by atoms with Crippen molar-refractivity contribution in [2.24, 2.45) is 5.92 Å². The highest BCUT2D eigenvalue weighted by atomic mass is 17.1. The van der Waals surface area contributed by atoms with E-state index in [0.717, 1.165) is 207 Å². The predicted molar refractivity (Wildman–Crippen MR) is 427 cm³/mol. The molecule has 0 radical (unpaired) electrons. The molecule has 0 rings (SSSR count). The Morgan fingerprint density at radius 3 is 0.912 bits per heavy atom. The molecule has 0 aromatic carbocycles. The van der Waals surface area contributed by atoms with Crippen molar-refractivity contribution in [1.29, 1.82) is 0 Å². The van der Waals surface area contributed by atoms with Crippen LogP contribution in [-0.4, -0.2) is 264 Å². The highest BCUT2D eigenvalue weighted by Gasteiger charge is 2.33. The van der Waals surface area contributed by atoms with Crippen molar-refractivity contribution in [1.82, 2.24) is 44.8 Å². The molecular weight excluding hydrogens is 1290 g/mol. The summed E-state index contributed by atoms with van der Waals surface area (Å²) in [6.45, 7) is 19.6. The lowest BCUT2D eigenvalue weighted by atomic mass is 9.80. The van der Waals surface area contributed by atoms with E-state index in [0.29, 0.717) is 39.0 Å². The zero-order valence-corrected chi connectivity index (χ0v) is 66.6. The number of amides is 3. The summed E-state index contributed by atoms with van der Waals surface area (Å²) in [5, 5.41) is 109. The number of nitrogens with one attached hydrogen (secondary N) is 3. The van der Waals surface area contributed by atoms with Gasteiger partial charge in [-0.2, -0.15) is 0 Å². The van der Waals surface area contributed by atoms with Crippen molar-refractivity contribution in [3.8, 4) is 0 Å². The molecule has 0 saturated carbocycles. The number of carbonyl (C=O) groups is 3. The summed E-state index contributed by atoms with van der Waals surface area (Å²) in [4.78, 5) is 53.4. The largest absolute Gasteiger partial charge is 0.437 e. The smallest absolute Gasteiger partial charge is 0.376 e. The third kappa shape index (κ3) is 59.1. The van der Waals surface area contributed by atoms with Gasteiger partial charge >= 0.3 is 42.3 Å². The second-order valence-electron chi connectivity index (χ2n) is 30.2. The monoisotopic (exact) mass is 1450 g/mol. The Morgan fingerprint density at radius 2 is 0.618 bits per heavy atom. The van der Waals surface area contributed by atoms with Crippen LogP contribution in [0.2, 0.25) is 40.9 Å². The first-order valence-electron chi connectivity index (χ1n) is 41.6. The van der Waals surface area contributed by atoms with Gasteiger partial charge in [0.2, 0.25) is 11.8 Å². The first-order valence-corrected chi connectivity index (χ1v) is 41.6. The third-order valence-corrected chi connectivity index (χ3v) is 20.7. The molecule has 0 aromatic heterocycles. The van der Waals surface area contributed by atoms with E-state index in [1.807, 2.05) is 37.4 Å². The zero-order chi connectivity index (χ0) is 75.8. The standard InChI is InChI=1S/C73H157B6N9O14/c1-74(95)83(7)56-47-62-85(76(3)97)58-43-45-60-87(78(5)99)65-67(66-88(79(6)100)61-46-44-59-86(77(4)98)63-48-57-84(8)75(2)96)49-37-33-36-41-54-81-70(92)51-38-31-27-23-20-18-16-14-12-10-9-11-13-15-17-19-21-25-29-34-40-53-80-69(91)50-39-32-28-24-22-26-30-35-42-55-82-73(94)71(93)72(102-101)68(90)52-64-89/h67-68,71-72,89-90,93,95-101H,9-66H2,1-8H3,(H,80,91)(H,81,92)(H,82,94)/t68-,71-,72+/m1/s1. The first-order chi connectivity index (χ1) is 49.0. The Bertz CT molecular complexity index is 1850. The lowest BCUT2D eigenvalue weighted by Crippen LogP contribution is -2.48. The molecule has 0 saturated heterocycles.